The van der Waals surface area contributed by atoms with Crippen LogP contribution in [0.5, 0.6) is 0 Å². The van der Waals surface area contributed by atoms with E-state index in [1.165, 1.54) is 38.3 Å². The standard InChI is InChI=1S/C12H19N3O/c1-2-3-4-5-6-7-8-11(16)12-14-9-13-10-15-12/h9-10H,2-8H2,1H3. The van der Waals surface area contributed by atoms with Crippen molar-refractivity contribution in [1.29, 1.82) is 0 Å². The predicted molar refractivity (Wildman–Crippen MR) is 62.2 cm³/mol. The van der Waals surface area contributed by atoms with Gasteiger partial charge in [0.05, 0.1) is 0 Å². The van der Waals surface area contributed by atoms with Gasteiger partial charge >= 0.3 is 0 Å². The van der Waals surface area contributed by atoms with Crippen molar-refractivity contribution in [1.82, 2.24) is 15.0 Å². The summed E-state index contributed by atoms with van der Waals surface area (Å²) in [5, 5.41) is 0. The molecule has 4 heteroatoms. The van der Waals surface area contributed by atoms with Gasteiger partial charge in [-0.3, -0.25) is 4.79 Å². The summed E-state index contributed by atoms with van der Waals surface area (Å²) in [6.45, 7) is 2.20. The Morgan fingerprint density at radius 1 is 1.06 bits per heavy atom. The average molecular weight is 221 g/mol. The van der Waals surface area contributed by atoms with Gasteiger partial charge in [-0.05, 0) is 6.42 Å². The van der Waals surface area contributed by atoms with Gasteiger partial charge in [0.2, 0.25) is 0 Å². The second kappa shape index (κ2) is 7.91. The quantitative estimate of drug-likeness (QED) is 0.500. The molecule has 0 amide bonds. The van der Waals surface area contributed by atoms with Gasteiger partial charge in [-0.1, -0.05) is 39.0 Å². The van der Waals surface area contributed by atoms with Crippen LogP contribution in [0.25, 0.3) is 0 Å². The number of ketones is 1. The Morgan fingerprint density at radius 3 is 2.38 bits per heavy atom. The highest BCUT2D eigenvalue weighted by Crippen LogP contribution is 2.08. The molecule has 0 radical (unpaired) electrons. The third kappa shape index (κ3) is 4.96. The Balaban J connectivity index is 2.12. The van der Waals surface area contributed by atoms with E-state index in [4.69, 9.17) is 0 Å². The molecule has 0 spiro atoms. The second-order valence-corrected chi connectivity index (χ2v) is 3.90. The van der Waals surface area contributed by atoms with Crippen LogP contribution in [-0.4, -0.2) is 20.7 Å². The van der Waals surface area contributed by atoms with E-state index in [2.05, 4.69) is 21.9 Å². The Morgan fingerprint density at radius 2 is 1.69 bits per heavy atom. The zero-order valence-corrected chi connectivity index (χ0v) is 9.85. The number of aromatic nitrogens is 3. The first kappa shape index (κ1) is 12.7. The number of hydrogen-bond donors (Lipinski definition) is 0. The van der Waals surface area contributed by atoms with Crippen LogP contribution in [-0.2, 0) is 0 Å². The summed E-state index contributed by atoms with van der Waals surface area (Å²) < 4.78 is 0. The summed E-state index contributed by atoms with van der Waals surface area (Å²) in [5.41, 5.74) is 0. The van der Waals surface area contributed by atoms with E-state index in [0.29, 0.717) is 12.2 Å². The molecule has 0 unspecified atom stereocenters. The first-order chi connectivity index (χ1) is 7.84. The maximum Gasteiger partial charge on any atom is 0.200 e. The topological polar surface area (TPSA) is 55.7 Å². The first-order valence-electron chi connectivity index (χ1n) is 5.99. The van der Waals surface area contributed by atoms with Crippen molar-refractivity contribution < 1.29 is 4.79 Å². The van der Waals surface area contributed by atoms with Crippen molar-refractivity contribution in [2.45, 2.75) is 51.9 Å². The highest BCUT2D eigenvalue weighted by atomic mass is 16.1. The van der Waals surface area contributed by atoms with E-state index in [1.807, 2.05) is 0 Å². The zero-order chi connectivity index (χ0) is 11.6. The summed E-state index contributed by atoms with van der Waals surface area (Å²) in [7, 11) is 0. The fourth-order valence-corrected chi connectivity index (χ4v) is 1.56. The minimum atomic E-state index is 0.0258. The number of carbonyl (C=O) groups is 1. The lowest BCUT2D eigenvalue weighted by Gasteiger charge is -1.99. The SMILES string of the molecule is CCCCCCCCC(=O)c1ncncn1. The van der Waals surface area contributed by atoms with Crippen molar-refractivity contribution in [3.8, 4) is 0 Å². The van der Waals surface area contributed by atoms with Crippen molar-refractivity contribution in [3.05, 3.63) is 18.5 Å². The normalized spacial score (nSPS) is 10.3. The number of hydrogen-bond acceptors (Lipinski definition) is 4. The van der Waals surface area contributed by atoms with Gasteiger partial charge < -0.3 is 0 Å². The van der Waals surface area contributed by atoms with E-state index >= 15 is 0 Å². The van der Waals surface area contributed by atoms with Gasteiger partial charge in [0.25, 0.3) is 0 Å². The van der Waals surface area contributed by atoms with Crippen LogP contribution in [0.3, 0.4) is 0 Å². The average Bonchev–Trinajstić information content (AvgIpc) is 2.34. The number of carbonyl (C=O) groups excluding carboxylic acids is 1. The summed E-state index contributed by atoms with van der Waals surface area (Å²) in [4.78, 5) is 22.9. The zero-order valence-electron chi connectivity index (χ0n) is 9.85. The van der Waals surface area contributed by atoms with Crippen LogP contribution in [0.15, 0.2) is 12.7 Å². The molecule has 0 saturated carbocycles. The monoisotopic (exact) mass is 221 g/mol. The molecule has 0 atom stereocenters. The van der Waals surface area contributed by atoms with Gasteiger partial charge in [0.1, 0.15) is 12.7 Å². The molecule has 1 aromatic heterocycles. The Kier molecular flexibility index (Phi) is 6.30. The number of rotatable bonds is 8. The molecule has 0 bridgehead atoms. The molecule has 0 aromatic carbocycles. The lowest BCUT2D eigenvalue weighted by molar-refractivity contribution is 0.0968. The molecule has 0 aliphatic heterocycles. The molecule has 16 heavy (non-hydrogen) atoms. The van der Waals surface area contributed by atoms with E-state index in [0.717, 1.165) is 12.8 Å². The van der Waals surface area contributed by atoms with Crippen LogP contribution in [0.2, 0.25) is 0 Å². The molecule has 1 rings (SSSR count). The second-order valence-electron chi connectivity index (χ2n) is 3.90. The molecule has 0 aliphatic carbocycles. The molecule has 1 heterocycles. The van der Waals surface area contributed by atoms with Crippen LogP contribution in [0.4, 0.5) is 0 Å². The number of nitrogens with zero attached hydrogens (tertiary/aromatic N) is 3. The highest BCUT2D eigenvalue weighted by Gasteiger charge is 2.07. The summed E-state index contributed by atoms with van der Waals surface area (Å²) in [6.07, 6.45) is 10.4. The first-order valence-corrected chi connectivity index (χ1v) is 5.99. The Hall–Kier alpha value is -1.32. The lowest BCUT2D eigenvalue weighted by atomic mass is 10.1. The Bertz CT molecular complexity index is 300. The Labute approximate surface area is 96.5 Å². The molecule has 0 aliphatic rings. The minimum absolute atomic E-state index is 0.0258. The fraction of sp³-hybridized carbons (Fsp3) is 0.667. The summed E-state index contributed by atoms with van der Waals surface area (Å²) in [6, 6.07) is 0. The third-order valence-corrected chi connectivity index (χ3v) is 2.50. The molecular weight excluding hydrogens is 202 g/mol. The van der Waals surface area contributed by atoms with Crippen LogP contribution >= 0.6 is 0 Å². The predicted octanol–water partition coefficient (Wildman–Crippen LogP) is 2.80. The molecule has 4 nitrogen and oxygen atoms in total. The van der Waals surface area contributed by atoms with Crippen molar-refractivity contribution >= 4 is 5.78 Å². The van der Waals surface area contributed by atoms with Crippen LogP contribution in [0.1, 0.15) is 62.5 Å². The van der Waals surface area contributed by atoms with Crippen molar-refractivity contribution in [3.63, 3.8) is 0 Å². The molecule has 1 aromatic rings. The lowest BCUT2D eigenvalue weighted by Crippen LogP contribution is -2.05. The maximum atomic E-state index is 11.6. The molecular formula is C12H19N3O. The number of Topliss-reactive ketones (excluding diaryl/α,β-unsaturated/α-hetero) is 1. The van der Waals surface area contributed by atoms with E-state index in [9.17, 15) is 4.79 Å². The van der Waals surface area contributed by atoms with Gasteiger partial charge in [-0.25, -0.2) is 15.0 Å². The molecule has 0 fully saturated rings. The van der Waals surface area contributed by atoms with Gasteiger partial charge in [-0.15, -0.1) is 0 Å². The summed E-state index contributed by atoms with van der Waals surface area (Å²) in [5.74, 6) is 0.321. The van der Waals surface area contributed by atoms with Crippen molar-refractivity contribution in [2.75, 3.05) is 0 Å². The van der Waals surface area contributed by atoms with Gasteiger partial charge in [0.15, 0.2) is 11.6 Å². The highest BCUT2D eigenvalue weighted by molar-refractivity contribution is 5.92. The van der Waals surface area contributed by atoms with E-state index in [1.54, 1.807) is 0 Å². The minimum Gasteiger partial charge on any atom is -0.291 e. The largest absolute Gasteiger partial charge is 0.291 e. The van der Waals surface area contributed by atoms with E-state index < -0.39 is 0 Å². The van der Waals surface area contributed by atoms with E-state index in [-0.39, 0.29) is 5.78 Å². The molecule has 0 N–H and O–H groups in total. The summed E-state index contributed by atoms with van der Waals surface area (Å²) >= 11 is 0. The number of unbranched alkanes of at least 4 members (excludes halogenated alkanes) is 5. The van der Waals surface area contributed by atoms with Crippen LogP contribution in [0, 0.1) is 0 Å². The van der Waals surface area contributed by atoms with Crippen LogP contribution < -0.4 is 0 Å². The van der Waals surface area contributed by atoms with Crippen molar-refractivity contribution in [2.24, 2.45) is 0 Å². The molecule has 0 saturated heterocycles. The maximum absolute atomic E-state index is 11.6. The smallest absolute Gasteiger partial charge is 0.200 e. The van der Waals surface area contributed by atoms with Gasteiger partial charge in [0, 0.05) is 6.42 Å². The van der Waals surface area contributed by atoms with Gasteiger partial charge in [-0.2, -0.15) is 0 Å². The third-order valence-electron chi connectivity index (χ3n) is 2.50. The fourth-order valence-electron chi connectivity index (χ4n) is 1.56. The molecule has 88 valence electrons.